The maximum Gasteiger partial charge on any atom is 0.0367 e. The molecule has 0 amide bonds. The van der Waals surface area contributed by atoms with Crippen LogP contribution in [0.3, 0.4) is 0 Å². The summed E-state index contributed by atoms with van der Waals surface area (Å²) in [6.45, 7) is 4.94. The largest absolute Gasteiger partial charge is 0.305 e. The molecule has 2 heterocycles. The van der Waals surface area contributed by atoms with Crippen molar-refractivity contribution in [3.05, 3.63) is 29.8 Å². The fourth-order valence-electron chi connectivity index (χ4n) is 3.08. The summed E-state index contributed by atoms with van der Waals surface area (Å²) in [7, 11) is 2.24. The van der Waals surface area contributed by atoms with Crippen molar-refractivity contribution in [1.82, 2.24) is 9.80 Å². The molecule has 0 aromatic heterocycles. The van der Waals surface area contributed by atoms with Crippen LogP contribution in [0.2, 0.25) is 0 Å². The maximum absolute atomic E-state index is 2.71. The smallest absolute Gasteiger partial charge is 0.0367 e. The number of fused-ring (bicyclic) bond motifs is 1. The summed E-state index contributed by atoms with van der Waals surface area (Å²) in [4.78, 5) is 6.68. The van der Waals surface area contributed by atoms with Gasteiger partial charge in [-0.15, -0.1) is 11.8 Å². The molecule has 0 N–H and O–H groups in total. The summed E-state index contributed by atoms with van der Waals surface area (Å²) in [5.41, 5.74) is 1.57. The molecule has 1 aromatic carbocycles. The van der Waals surface area contributed by atoms with Gasteiger partial charge in [-0.2, -0.15) is 0 Å². The van der Waals surface area contributed by atoms with Crippen molar-refractivity contribution in [2.24, 2.45) is 0 Å². The molecule has 18 heavy (non-hydrogen) atoms. The monoisotopic (exact) mass is 262 g/mol. The fraction of sp³-hybridized carbons (Fsp3) is 0.600. The van der Waals surface area contributed by atoms with Gasteiger partial charge < -0.3 is 4.90 Å². The van der Waals surface area contributed by atoms with E-state index >= 15 is 0 Å². The zero-order valence-electron chi connectivity index (χ0n) is 11.1. The summed E-state index contributed by atoms with van der Waals surface area (Å²) in [5.74, 6) is 1.27. The van der Waals surface area contributed by atoms with Gasteiger partial charge in [0.05, 0.1) is 0 Å². The molecular weight excluding hydrogens is 240 g/mol. The lowest BCUT2D eigenvalue weighted by atomic mass is 10.0. The summed E-state index contributed by atoms with van der Waals surface area (Å²) < 4.78 is 0. The average molecular weight is 262 g/mol. The van der Waals surface area contributed by atoms with Gasteiger partial charge in [-0.05, 0) is 43.8 Å². The van der Waals surface area contributed by atoms with Gasteiger partial charge in [-0.3, -0.25) is 4.90 Å². The Morgan fingerprint density at radius 2 is 2.00 bits per heavy atom. The normalized spacial score (nSPS) is 26.6. The maximum atomic E-state index is 2.71. The SMILES string of the molecule is CN1CCCN(C2CCSc3ccccc32)CC1. The summed E-state index contributed by atoms with van der Waals surface area (Å²) >= 11 is 2.03. The Balaban J connectivity index is 1.80. The van der Waals surface area contributed by atoms with Crippen LogP contribution in [0, 0.1) is 0 Å². The van der Waals surface area contributed by atoms with Crippen LogP contribution >= 0.6 is 11.8 Å². The lowest BCUT2D eigenvalue weighted by molar-refractivity contribution is 0.195. The molecule has 1 atom stereocenters. The van der Waals surface area contributed by atoms with E-state index in [2.05, 4.69) is 41.1 Å². The molecule has 0 saturated carbocycles. The average Bonchev–Trinajstić information content (AvgIpc) is 2.63. The highest BCUT2D eigenvalue weighted by molar-refractivity contribution is 7.99. The third-order valence-corrected chi connectivity index (χ3v) is 5.24. The van der Waals surface area contributed by atoms with Crippen molar-refractivity contribution in [1.29, 1.82) is 0 Å². The van der Waals surface area contributed by atoms with Crippen LogP contribution in [0.4, 0.5) is 0 Å². The Labute approximate surface area is 114 Å². The van der Waals surface area contributed by atoms with Gasteiger partial charge in [0.1, 0.15) is 0 Å². The van der Waals surface area contributed by atoms with Gasteiger partial charge >= 0.3 is 0 Å². The van der Waals surface area contributed by atoms with E-state index in [9.17, 15) is 0 Å². The van der Waals surface area contributed by atoms with Gasteiger partial charge in [0.2, 0.25) is 0 Å². The Morgan fingerprint density at radius 1 is 1.11 bits per heavy atom. The number of nitrogens with zero attached hydrogens (tertiary/aromatic N) is 2. The van der Waals surface area contributed by atoms with E-state index in [1.165, 1.54) is 49.7 Å². The van der Waals surface area contributed by atoms with Gasteiger partial charge in [0.25, 0.3) is 0 Å². The molecular formula is C15H22N2S. The molecule has 2 aliphatic rings. The van der Waals surface area contributed by atoms with Crippen molar-refractivity contribution in [3.63, 3.8) is 0 Å². The molecule has 0 radical (unpaired) electrons. The molecule has 98 valence electrons. The molecule has 1 unspecified atom stereocenters. The zero-order valence-corrected chi connectivity index (χ0v) is 12.0. The van der Waals surface area contributed by atoms with E-state index in [1.54, 1.807) is 5.56 Å². The fourth-order valence-corrected chi connectivity index (χ4v) is 4.19. The predicted octanol–water partition coefficient (Wildman–Crippen LogP) is 2.86. The van der Waals surface area contributed by atoms with Crippen molar-refractivity contribution in [2.75, 3.05) is 39.0 Å². The Bertz CT molecular complexity index is 407. The standard InChI is InChI=1S/C15H22N2S/c1-16-8-4-9-17(11-10-16)14-7-12-18-15-6-3-2-5-13(14)15/h2-3,5-6,14H,4,7-12H2,1H3. The van der Waals surface area contributed by atoms with Crippen molar-refractivity contribution in [2.45, 2.75) is 23.8 Å². The van der Waals surface area contributed by atoms with Crippen molar-refractivity contribution >= 4 is 11.8 Å². The molecule has 0 spiro atoms. The number of likely N-dealkylation sites (N-methyl/N-ethyl adjacent to an activating group) is 1. The van der Waals surface area contributed by atoms with Crippen LogP contribution in [0.5, 0.6) is 0 Å². The topological polar surface area (TPSA) is 6.48 Å². The van der Waals surface area contributed by atoms with E-state index in [4.69, 9.17) is 0 Å². The van der Waals surface area contributed by atoms with Crippen LogP contribution < -0.4 is 0 Å². The quantitative estimate of drug-likeness (QED) is 0.768. The van der Waals surface area contributed by atoms with Crippen LogP contribution in [0.1, 0.15) is 24.4 Å². The minimum Gasteiger partial charge on any atom is -0.305 e. The lowest BCUT2D eigenvalue weighted by Crippen LogP contribution is -2.34. The van der Waals surface area contributed by atoms with E-state index in [0.29, 0.717) is 6.04 Å². The number of hydrogen-bond donors (Lipinski definition) is 0. The summed E-state index contributed by atoms with van der Waals surface area (Å²) in [6, 6.07) is 9.65. The number of rotatable bonds is 1. The minimum absolute atomic E-state index is 0.661. The van der Waals surface area contributed by atoms with Crippen molar-refractivity contribution in [3.8, 4) is 0 Å². The van der Waals surface area contributed by atoms with Gasteiger partial charge in [-0.25, -0.2) is 0 Å². The van der Waals surface area contributed by atoms with E-state index in [-0.39, 0.29) is 0 Å². The molecule has 3 heteroatoms. The second-order valence-electron chi connectivity index (χ2n) is 5.38. The first-order chi connectivity index (χ1) is 8.84. The van der Waals surface area contributed by atoms with Crippen LogP contribution in [-0.2, 0) is 0 Å². The molecule has 2 aliphatic heterocycles. The Hall–Kier alpha value is -0.510. The van der Waals surface area contributed by atoms with Crippen LogP contribution in [0.15, 0.2) is 29.2 Å². The number of benzene rings is 1. The first-order valence-electron chi connectivity index (χ1n) is 6.99. The highest BCUT2D eigenvalue weighted by atomic mass is 32.2. The van der Waals surface area contributed by atoms with Gasteiger partial charge in [-0.1, -0.05) is 18.2 Å². The molecule has 0 aliphatic carbocycles. The first-order valence-corrected chi connectivity index (χ1v) is 7.97. The summed E-state index contributed by atoms with van der Waals surface area (Å²) in [6.07, 6.45) is 2.62. The molecule has 1 fully saturated rings. The van der Waals surface area contributed by atoms with E-state index in [1.807, 2.05) is 11.8 Å². The molecule has 2 nitrogen and oxygen atoms in total. The molecule has 1 saturated heterocycles. The number of thioether (sulfide) groups is 1. The third-order valence-electron chi connectivity index (χ3n) is 4.12. The van der Waals surface area contributed by atoms with Crippen molar-refractivity contribution < 1.29 is 0 Å². The van der Waals surface area contributed by atoms with Gasteiger partial charge in [0.15, 0.2) is 0 Å². The highest BCUT2D eigenvalue weighted by Gasteiger charge is 2.26. The predicted molar refractivity (Wildman–Crippen MR) is 78.2 cm³/mol. The van der Waals surface area contributed by atoms with Gasteiger partial charge in [0, 0.05) is 30.6 Å². The number of hydrogen-bond acceptors (Lipinski definition) is 3. The van der Waals surface area contributed by atoms with Crippen LogP contribution in [-0.4, -0.2) is 48.8 Å². The summed E-state index contributed by atoms with van der Waals surface area (Å²) in [5, 5.41) is 0. The Kier molecular flexibility index (Phi) is 3.92. The molecule has 1 aromatic rings. The second-order valence-corrected chi connectivity index (χ2v) is 6.52. The van der Waals surface area contributed by atoms with E-state index in [0.717, 1.165) is 0 Å². The minimum atomic E-state index is 0.661. The van der Waals surface area contributed by atoms with Crippen LogP contribution in [0.25, 0.3) is 0 Å². The lowest BCUT2D eigenvalue weighted by Gasteiger charge is -2.34. The zero-order chi connectivity index (χ0) is 12.4. The Morgan fingerprint density at radius 3 is 2.94 bits per heavy atom. The van der Waals surface area contributed by atoms with E-state index < -0.39 is 0 Å². The first kappa shape index (κ1) is 12.5. The highest BCUT2D eigenvalue weighted by Crippen LogP contribution is 2.39. The molecule has 3 rings (SSSR count). The second kappa shape index (κ2) is 5.64. The third kappa shape index (κ3) is 2.58. The molecule has 0 bridgehead atoms.